The normalized spacial score (nSPS) is 13.2. The monoisotopic (exact) mass is 631 g/mol. The molecule has 2 aliphatic rings. The molecule has 0 unspecified atom stereocenters. The summed E-state index contributed by atoms with van der Waals surface area (Å²) in [5, 5.41) is 10.5. The average Bonchev–Trinajstić information content (AvgIpc) is 3.82. The number of fused-ring (bicyclic) bond motifs is 16. The van der Waals surface area contributed by atoms with Gasteiger partial charge in [0.15, 0.2) is 0 Å². The number of hydrogen-bond donors (Lipinski definition) is 0. The third-order valence-electron chi connectivity index (χ3n) is 11.8. The van der Waals surface area contributed by atoms with E-state index in [1.165, 1.54) is 110 Å². The van der Waals surface area contributed by atoms with Crippen LogP contribution in [0.15, 0.2) is 158 Å². The van der Waals surface area contributed by atoms with Crippen molar-refractivity contribution in [1.82, 2.24) is 13.7 Å². The van der Waals surface area contributed by atoms with Crippen LogP contribution in [0.2, 0.25) is 0 Å². The molecule has 0 N–H and O–H groups in total. The van der Waals surface area contributed by atoms with Gasteiger partial charge < -0.3 is 13.7 Å². The van der Waals surface area contributed by atoms with E-state index in [1.807, 2.05) is 0 Å². The molecule has 13 rings (SSSR count). The van der Waals surface area contributed by atoms with Gasteiger partial charge in [0.25, 0.3) is 6.71 Å². The van der Waals surface area contributed by atoms with Gasteiger partial charge in [-0.3, -0.25) is 0 Å². The summed E-state index contributed by atoms with van der Waals surface area (Å²) in [4.78, 5) is 0. The van der Waals surface area contributed by atoms with Crippen LogP contribution in [0.5, 0.6) is 0 Å². The minimum Gasteiger partial charge on any atom is -0.310 e. The largest absolute Gasteiger partial charge is 0.310 e. The smallest absolute Gasteiger partial charge is 0.252 e. The predicted molar refractivity (Wildman–Crippen MR) is 212 cm³/mol. The van der Waals surface area contributed by atoms with Gasteiger partial charge in [-0.15, -0.1) is 0 Å². The van der Waals surface area contributed by atoms with E-state index in [-0.39, 0.29) is 6.71 Å². The molecule has 0 saturated heterocycles. The second-order valence-corrected chi connectivity index (χ2v) is 14.0. The van der Waals surface area contributed by atoms with Crippen molar-refractivity contribution in [2.75, 3.05) is 0 Å². The van der Waals surface area contributed by atoms with Crippen molar-refractivity contribution in [2.45, 2.75) is 0 Å². The summed E-state index contributed by atoms with van der Waals surface area (Å²) in [6, 6.07) is 58.9. The van der Waals surface area contributed by atoms with Crippen LogP contribution in [-0.4, -0.2) is 20.4 Å². The lowest BCUT2D eigenvalue weighted by atomic mass is 9.34. The molecule has 8 aromatic carbocycles. The minimum absolute atomic E-state index is 0.0658. The number of hydrogen-bond acceptors (Lipinski definition) is 0. The maximum atomic E-state index is 2.58. The van der Waals surface area contributed by atoms with Crippen molar-refractivity contribution in [3.8, 4) is 17.1 Å². The van der Waals surface area contributed by atoms with Crippen molar-refractivity contribution in [3.63, 3.8) is 0 Å². The summed E-state index contributed by atoms with van der Waals surface area (Å²) in [6.07, 6.45) is 0. The molecule has 0 bridgehead atoms. The van der Waals surface area contributed by atoms with Crippen molar-refractivity contribution in [3.05, 3.63) is 158 Å². The van der Waals surface area contributed by atoms with E-state index in [0.717, 1.165) is 0 Å². The van der Waals surface area contributed by atoms with E-state index >= 15 is 0 Å². The SMILES string of the molecule is c1ccc(-n2c3ccccc3c3c4c5ccccc5n5c4c(cc32)B2c3c(cccc3-5)-n3c4ccccc4c4c5ccccc5cc2c43)cc1. The third kappa shape index (κ3) is 2.81. The van der Waals surface area contributed by atoms with Crippen LogP contribution in [0, 0.1) is 0 Å². The van der Waals surface area contributed by atoms with Gasteiger partial charge in [-0.25, -0.2) is 0 Å². The molecule has 50 heavy (non-hydrogen) atoms. The molecular formula is C46H26BN3. The molecule has 4 heteroatoms. The Balaban J connectivity index is 1.32. The molecular weight excluding hydrogens is 605 g/mol. The van der Waals surface area contributed by atoms with Gasteiger partial charge in [0.05, 0.1) is 33.1 Å². The van der Waals surface area contributed by atoms with Crippen LogP contribution >= 0.6 is 0 Å². The maximum Gasteiger partial charge on any atom is 0.252 e. The van der Waals surface area contributed by atoms with Crippen molar-refractivity contribution in [1.29, 1.82) is 0 Å². The molecule has 3 aromatic heterocycles. The van der Waals surface area contributed by atoms with Crippen LogP contribution in [0.1, 0.15) is 0 Å². The highest BCUT2D eigenvalue weighted by molar-refractivity contribution is 7.00. The molecule has 0 radical (unpaired) electrons. The second kappa shape index (κ2) is 8.74. The number of benzene rings is 8. The fourth-order valence-corrected chi connectivity index (χ4v) is 10.0. The molecule has 0 spiro atoms. The molecule has 0 aliphatic carbocycles. The summed E-state index contributed by atoms with van der Waals surface area (Å²) in [6.45, 7) is 0.0658. The quantitative estimate of drug-likeness (QED) is 0.161. The first-order valence-corrected chi connectivity index (χ1v) is 17.5. The molecule has 0 amide bonds. The molecule has 11 aromatic rings. The lowest BCUT2D eigenvalue weighted by Crippen LogP contribution is -2.59. The fraction of sp³-hybridized carbons (Fsp3) is 0. The zero-order valence-corrected chi connectivity index (χ0v) is 26.9. The maximum absolute atomic E-state index is 2.58. The van der Waals surface area contributed by atoms with E-state index in [4.69, 9.17) is 0 Å². The summed E-state index contributed by atoms with van der Waals surface area (Å²) in [5.74, 6) is 0. The van der Waals surface area contributed by atoms with Gasteiger partial charge >= 0.3 is 0 Å². The predicted octanol–water partition coefficient (Wildman–Crippen LogP) is 9.27. The van der Waals surface area contributed by atoms with Gasteiger partial charge in [0.1, 0.15) is 0 Å². The zero-order valence-electron chi connectivity index (χ0n) is 26.9. The molecule has 0 atom stereocenters. The highest BCUT2D eigenvalue weighted by Gasteiger charge is 2.42. The van der Waals surface area contributed by atoms with Crippen molar-refractivity contribution < 1.29 is 0 Å². The van der Waals surface area contributed by atoms with Crippen LogP contribution in [0.3, 0.4) is 0 Å². The summed E-state index contributed by atoms with van der Waals surface area (Å²) in [7, 11) is 0. The first-order valence-electron chi connectivity index (χ1n) is 17.5. The highest BCUT2D eigenvalue weighted by Crippen LogP contribution is 2.45. The second-order valence-electron chi connectivity index (χ2n) is 14.0. The molecule has 3 nitrogen and oxygen atoms in total. The van der Waals surface area contributed by atoms with Gasteiger partial charge in [0.2, 0.25) is 0 Å². The molecule has 5 heterocycles. The Morgan fingerprint density at radius 1 is 0.360 bits per heavy atom. The Labute approximate surface area is 286 Å². The lowest BCUT2D eigenvalue weighted by Gasteiger charge is -2.34. The Morgan fingerprint density at radius 2 is 0.880 bits per heavy atom. The topological polar surface area (TPSA) is 14.8 Å². The Bertz CT molecular complexity index is 3320. The van der Waals surface area contributed by atoms with Crippen LogP contribution in [0.25, 0.3) is 93.3 Å². The molecule has 0 fully saturated rings. The van der Waals surface area contributed by atoms with E-state index in [9.17, 15) is 0 Å². The fourth-order valence-electron chi connectivity index (χ4n) is 10.0. The first-order chi connectivity index (χ1) is 24.9. The summed E-state index contributed by atoms with van der Waals surface area (Å²) in [5.41, 5.74) is 15.6. The van der Waals surface area contributed by atoms with Gasteiger partial charge in [-0.1, -0.05) is 109 Å². The number of rotatable bonds is 1. The van der Waals surface area contributed by atoms with Crippen molar-refractivity contribution in [2.24, 2.45) is 0 Å². The van der Waals surface area contributed by atoms with Gasteiger partial charge in [0, 0.05) is 49.4 Å². The standard InChI is InChI=1S/C46H26BN3/c1-2-14-28(15-3-1)48-35-20-9-7-18-31(35)42-40(48)26-34-46-43(42)32-19-8-11-22-37(32)50(46)39-24-12-23-38-44(39)47(34)33-25-27-13-4-5-16-29(27)41-30-17-6-10-21-36(30)49(38)45(33)41/h1-26H. The third-order valence-corrected chi connectivity index (χ3v) is 11.8. The molecule has 228 valence electrons. The number of aromatic nitrogens is 3. The Morgan fingerprint density at radius 3 is 1.58 bits per heavy atom. The Hall–Kier alpha value is -6.52. The minimum atomic E-state index is 0.0658. The summed E-state index contributed by atoms with van der Waals surface area (Å²) < 4.78 is 7.64. The Kier molecular flexibility index (Phi) is 4.45. The van der Waals surface area contributed by atoms with Crippen LogP contribution in [-0.2, 0) is 0 Å². The number of nitrogens with zero attached hydrogens (tertiary/aromatic N) is 3. The summed E-state index contributed by atoms with van der Waals surface area (Å²) >= 11 is 0. The number of para-hydroxylation sites is 4. The van der Waals surface area contributed by atoms with E-state index in [2.05, 4.69) is 171 Å². The molecule has 2 aliphatic heterocycles. The lowest BCUT2D eigenvalue weighted by molar-refractivity contribution is 1.14. The van der Waals surface area contributed by atoms with E-state index < -0.39 is 0 Å². The van der Waals surface area contributed by atoms with E-state index in [1.54, 1.807) is 0 Å². The average molecular weight is 632 g/mol. The van der Waals surface area contributed by atoms with Gasteiger partial charge in [-0.05, 0) is 75.7 Å². The first kappa shape index (κ1) is 25.5. The van der Waals surface area contributed by atoms with Crippen molar-refractivity contribution >= 4 is 99.3 Å². The molecule has 0 saturated carbocycles. The van der Waals surface area contributed by atoms with E-state index in [0.29, 0.717) is 0 Å². The van der Waals surface area contributed by atoms with Crippen LogP contribution in [0.4, 0.5) is 0 Å². The van der Waals surface area contributed by atoms with Crippen LogP contribution < -0.4 is 16.4 Å². The zero-order chi connectivity index (χ0) is 32.2. The van der Waals surface area contributed by atoms with Gasteiger partial charge in [-0.2, -0.15) is 0 Å². The highest BCUT2D eigenvalue weighted by atomic mass is 15.0.